The summed E-state index contributed by atoms with van der Waals surface area (Å²) in [6, 6.07) is 5.35. The number of benzene rings is 1. The Labute approximate surface area is 98.7 Å². The monoisotopic (exact) mass is 234 g/mol. The smallest absolute Gasteiger partial charge is 0.267 e. The van der Waals surface area contributed by atoms with Gasteiger partial charge in [-0.1, -0.05) is 0 Å². The number of fused-ring (bicyclic) bond motifs is 1. The van der Waals surface area contributed by atoms with E-state index in [1.807, 2.05) is 6.07 Å². The molecule has 2 rings (SSSR count). The van der Waals surface area contributed by atoms with E-state index >= 15 is 0 Å². The lowest BCUT2D eigenvalue weighted by molar-refractivity contribution is 0.0959. The number of hydrogen-bond donors (Lipinski definition) is 2. The molecule has 2 aromatic rings. The van der Waals surface area contributed by atoms with Crippen LogP contribution in [0.5, 0.6) is 11.5 Å². The van der Waals surface area contributed by atoms with Gasteiger partial charge in [0, 0.05) is 12.4 Å². The summed E-state index contributed by atoms with van der Waals surface area (Å²) in [7, 11) is 4.76. The molecule has 1 heterocycles. The van der Waals surface area contributed by atoms with Crippen LogP contribution in [0.4, 0.5) is 0 Å². The minimum absolute atomic E-state index is 0.176. The fourth-order valence-corrected chi connectivity index (χ4v) is 1.77. The lowest BCUT2D eigenvalue weighted by atomic mass is 10.2. The van der Waals surface area contributed by atoms with Crippen molar-refractivity contribution in [2.45, 2.75) is 0 Å². The number of hydrogen-bond acceptors (Lipinski definition) is 3. The van der Waals surface area contributed by atoms with Crippen molar-refractivity contribution in [2.75, 3.05) is 21.3 Å². The Balaban J connectivity index is 2.68. The zero-order valence-electron chi connectivity index (χ0n) is 9.96. The van der Waals surface area contributed by atoms with Crippen molar-refractivity contribution in [3.8, 4) is 11.5 Å². The van der Waals surface area contributed by atoms with Crippen LogP contribution in [0.2, 0.25) is 0 Å². The van der Waals surface area contributed by atoms with Crippen molar-refractivity contribution in [1.29, 1.82) is 0 Å². The summed E-state index contributed by atoms with van der Waals surface area (Å²) in [6.07, 6.45) is 0. The number of aromatic amines is 1. The Morgan fingerprint density at radius 3 is 2.47 bits per heavy atom. The maximum absolute atomic E-state index is 11.6. The molecule has 90 valence electrons. The maximum Gasteiger partial charge on any atom is 0.267 e. The third-order valence-corrected chi connectivity index (χ3v) is 2.63. The molecule has 0 aliphatic heterocycles. The Bertz CT molecular complexity index is 519. The molecule has 2 N–H and O–H groups in total. The van der Waals surface area contributed by atoms with Crippen LogP contribution < -0.4 is 14.8 Å². The van der Waals surface area contributed by atoms with Gasteiger partial charge < -0.3 is 19.8 Å². The van der Waals surface area contributed by atoms with Gasteiger partial charge in [-0.3, -0.25) is 4.79 Å². The van der Waals surface area contributed by atoms with Gasteiger partial charge in [0.1, 0.15) is 17.2 Å². The highest BCUT2D eigenvalue weighted by Gasteiger charge is 2.14. The van der Waals surface area contributed by atoms with Crippen molar-refractivity contribution >= 4 is 16.8 Å². The summed E-state index contributed by atoms with van der Waals surface area (Å²) in [5, 5.41) is 3.39. The number of ether oxygens (including phenoxy) is 2. The number of nitrogens with one attached hydrogen (secondary N) is 2. The first kappa shape index (κ1) is 11.3. The molecule has 0 aliphatic carbocycles. The van der Waals surface area contributed by atoms with Crippen LogP contribution in [0.3, 0.4) is 0 Å². The summed E-state index contributed by atoms with van der Waals surface area (Å²) in [5.41, 5.74) is 1.23. The number of rotatable bonds is 3. The molecule has 0 radical (unpaired) electrons. The van der Waals surface area contributed by atoms with Crippen molar-refractivity contribution in [3.05, 3.63) is 23.9 Å². The predicted octanol–water partition coefficient (Wildman–Crippen LogP) is 1.54. The van der Waals surface area contributed by atoms with Gasteiger partial charge in [-0.15, -0.1) is 0 Å². The molecular formula is C12H14N2O3. The van der Waals surface area contributed by atoms with Gasteiger partial charge in [0.15, 0.2) is 0 Å². The SMILES string of the molecule is CNC(=O)c1cc2c(OC)ccc(OC)c2[nH]1. The molecule has 0 saturated heterocycles. The van der Waals surface area contributed by atoms with Gasteiger partial charge in [-0.05, 0) is 18.2 Å². The van der Waals surface area contributed by atoms with E-state index in [0.29, 0.717) is 17.2 Å². The highest BCUT2D eigenvalue weighted by Crippen LogP contribution is 2.33. The van der Waals surface area contributed by atoms with Gasteiger partial charge >= 0.3 is 0 Å². The van der Waals surface area contributed by atoms with Crippen molar-refractivity contribution < 1.29 is 14.3 Å². The molecule has 0 fully saturated rings. The van der Waals surface area contributed by atoms with E-state index in [-0.39, 0.29) is 5.91 Å². The Kier molecular flexibility index (Phi) is 2.91. The Morgan fingerprint density at radius 2 is 1.88 bits per heavy atom. The molecule has 0 unspecified atom stereocenters. The van der Waals surface area contributed by atoms with Gasteiger partial charge in [-0.2, -0.15) is 0 Å². The van der Waals surface area contributed by atoms with Crippen molar-refractivity contribution in [3.63, 3.8) is 0 Å². The van der Waals surface area contributed by atoms with E-state index in [4.69, 9.17) is 9.47 Å². The first-order valence-corrected chi connectivity index (χ1v) is 5.17. The topological polar surface area (TPSA) is 63.4 Å². The Hall–Kier alpha value is -2.17. The first-order chi connectivity index (χ1) is 8.21. The minimum Gasteiger partial charge on any atom is -0.496 e. The van der Waals surface area contributed by atoms with Crippen molar-refractivity contribution in [1.82, 2.24) is 10.3 Å². The van der Waals surface area contributed by atoms with Crippen LogP contribution in [-0.4, -0.2) is 32.2 Å². The second-order valence-corrected chi connectivity index (χ2v) is 3.52. The average molecular weight is 234 g/mol. The number of aromatic nitrogens is 1. The summed E-state index contributed by atoms with van der Waals surface area (Å²) in [5.74, 6) is 1.20. The number of carbonyl (C=O) groups is 1. The van der Waals surface area contributed by atoms with Crippen molar-refractivity contribution in [2.24, 2.45) is 0 Å². The largest absolute Gasteiger partial charge is 0.496 e. The zero-order chi connectivity index (χ0) is 12.4. The van der Waals surface area contributed by atoms with E-state index in [0.717, 1.165) is 10.9 Å². The lowest BCUT2D eigenvalue weighted by Crippen LogP contribution is -2.17. The van der Waals surface area contributed by atoms with Gasteiger partial charge in [0.05, 0.1) is 19.7 Å². The Morgan fingerprint density at radius 1 is 1.24 bits per heavy atom. The molecule has 5 heteroatoms. The van der Waals surface area contributed by atoms with Gasteiger partial charge in [0.25, 0.3) is 5.91 Å². The predicted molar refractivity (Wildman–Crippen MR) is 64.8 cm³/mol. The third-order valence-electron chi connectivity index (χ3n) is 2.63. The summed E-state index contributed by atoms with van der Waals surface area (Å²) in [4.78, 5) is 14.6. The standard InChI is InChI=1S/C12H14N2O3/c1-13-12(15)8-6-7-9(16-2)4-5-10(17-3)11(7)14-8/h4-6,14H,1-3H3,(H,13,15). The fraction of sp³-hybridized carbons (Fsp3) is 0.250. The second kappa shape index (κ2) is 4.37. The lowest BCUT2D eigenvalue weighted by Gasteiger charge is -2.05. The van der Waals surface area contributed by atoms with Crippen LogP contribution in [0.15, 0.2) is 18.2 Å². The average Bonchev–Trinajstić information content (AvgIpc) is 2.81. The van der Waals surface area contributed by atoms with E-state index in [2.05, 4.69) is 10.3 Å². The molecule has 1 aromatic heterocycles. The highest BCUT2D eigenvalue weighted by molar-refractivity contribution is 6.01. The van der Waals surface area contributed by atoms with E-state index in [1.54, 1.807) is 33.4 Å². The molecule has 0 saturated carbocycles. The third kappa shape index (κ3) is 1.80. The second-order valence-electron chi connectivity index (χ2n) is 3.52. The molecule has 0 aliphatic rings. The number of amides is 1. The highest BCUT2D eigenvalue weighted by atomic mass is 16.5. The molecule has 5 nitrogen and oxygen atoms in total. The number of carbonyl (C=O) groups excluding carboxylic acids is 1. The van der Waals surface area contributed by atoms with Gasteiger partial charge in [-0.25, -0.2) is 0 Å². The summed E-state index contributed by atoms with van der Waals surface area (Å²) >= 11 is 0. The van der Waals surface area contributed by atoms with Gasteiger partial charge in [0.2, 0.25) is 0 Å². The fourth-order valence-electron chi connectivity index (χ4n) is 1.77. The maximum atomic E-state index is 11.6. The summed E-state index contributed by atoms with van der Waals surface area (Å²) in [6.45, 7) is 0. The first-order valence-electron chi connectivity index (χ1n) is 5.17. The van der Waals surface area contributed by atoms with Crippen LogP contribution in [0, 0.1) is 0 Å². The van der Waals surface area contributed by atoms with Crippen LogP contribution in [0.1, 0.15) is 10.5 Å². The molecule has 1 aromatic carbocycles. The zero-order valence-corrected chi connectivity index (χ0v) is 9.96. The molecule has 1 amide bonds. The summed E-state index contributed by atoms with van der Waals surface area (Å²) < 4.78 is 10.5. The molecule has 0 bridgehead atoms. The van der Waals surface area contributed by atoms with E-state index in [9.17, 15) is 4.79 Å². The van der Waals surface area contributed by atoms with Crippen LogP contribution in [-0.2, 0) is 0 Å². The van der Waals surface area contributed by atoms with Crippen LogP contribution >= 0.6 is 0 Å². The quantitative estimate of drug-likeness (QED) is 0.846. The van der Waals surface area contributed by atoms with E-state index in [1.165, 1.54) is 0 Å². The number of H-pyrrole nitrogens is 1. The van der Waals surface area contributed by atoms with E-state index < -0.39 is 0 Å². The molecule has 0 atom stereocenters. The molecule has 0 spiro atoms. The minimum atomic E-state index is -0.176. The molecular weight excluding hydrogens is 220 g/mol. The van der Waals surface area contributed by atoms with Crippen LogP contribution in [0.25, 0.3) is 10.9 Å². The normalized spacial score (nSPS) is 10.3. The molecule has 17 heavy (non-hydrogen) atoms. The number of methoxy groups -OCH3 is 2.